The van der Waals surface area contributed by atoms with E-state index in [9.17, 15) is 9.90 Å². The van der Waals surface area contributed by atoms with E-state index in [-0.39, 0.29) is 22.2 Å². The Morgan fingerprint density at radius 2 is 2.14 bits per heavy atom. The number of rotatable bonds is 2. The fraction of sp³-hybridized carbons (Fsp3) is 0.222. The van der Waals surface area contributed by atoms with Gasteiger partial charge in [-0.1, -0.05) is 23.2 Å². The van der Waals surface area contributed by atoms with Crippen LogP contribution in [0.3, 0.4) is 0 Å². The lowest BCUT2D eigenvalue weighted by molar-refractivity contribution is -0.139. The Kier molecular flexibility index (Phi) is 3.61. The van der Waals surface area contributed by atoms with Gasteiger partial charge in [0.1, 0.15) is 5.75 Å². The first-order valence-electron chi connectivity index (χ1n) is 3.78. The van der Waals surface area contributed by atoms with Gasteiger partial charge >= 0.3 is 5.97 Å². The van der Waals surface area contributed by atoms with Crippen molar-refractivity contribution in [2.75, 3.05) is 7.11 Å². The van der Waals surface area contributed by atoms with Gasteiger partial charge in [0, 0.05) is 6.07 Å². The summed E-state index contributed by atoms with van der Waals surface area (Å²) in [6.07, 6.45) is -0.0105. The Morgan fingerprint density at radius 3 is 2.71 bits per heavy atom. The molecule has 0 aliphatic rings. The zero-order chi connectivity index (χ0) is 10.7. The number of carbonyl (C=O) groups excluding carboxylic acids is 1. The molecule has 1 rings (SSSR count). The Labute approximate surface area is 91.2 Å². The molecule has 1 N–H and O–H groups in total. The van der Waals surface area contributed by atoms with Crippen LogP contribution in [0.1, 0.15) is 5.56 Å². The van der Waals surface area contributed by atoms with Gasteiger partial charge in [0.15, 0.2) is 0 Å². The van der Waals surface area contributed by atoms with Crippen molar-refractivity contribution >= 4 is 29.2 Å². The molecule has 1 aromatic rings. The fourth-order valence-electron chi connectivity index (χ4n) is 0.986. The van der Waals surface area contributed by atoms with Crippen molar-refractivity contribution in [1.82, 2.24) is 0 Å². The number of aromatic hydroxyl groups is 1. The van der Waals surface area contributed by atoms with Gasteiger partial charge in [-0.3, -0.25) is 4.79 Å². The number of methoxy groups -OCH3 is 1. The smallest absolute Gasteiger partial charge is 0.310 e. The van der Waals surface area contributed by atoms with Crippen molar-refractivity contribution in [3.8, 4) is 5.75 Å². The average molecular weight is 235 g/mol. The van der Waals surface area contributed by atoms with Crippen LogP contribution in [-0.4, -0.2) is 18.2 Å². The van der Waals surface area contributed by atoms with E-state index in [1.54, 1.807) is 0 Å². The standard InChI is InChI=1S/C9H8Cl2O3/c1-14-8(13)3-5-2-6(12)4-7(10)9(5)11/h2,4,12H,3H2,1H3. The number of phenolic OH excluding ortho intramolecular Hbond substituents is 1. The summed E-state index contributed by atoms with van der Waals surface area (Å²) in [6, 6.07) is 2.69. The number of halogens is 2. The molecule has 0 unspecified atom stereocenters. The summed E-state index contributed by atoms with van der Waals surface area (Å²) in [5.74, 6) is -0.466. The van der Waals surface area contributed by atoms with Crippen molar-refractivity contribution in [1.29, 1.82) is 0 Å². The number of ether oxygens (including phenoxy) is 1. The largest absolute Gasteiger partial charge is 0.508 e. The highest BCUT2D eigenvalue weighted by molar-refractivity contribution is 6.42. The maximum Gasteiger partial charge on any atom is 0.310 e. The van der Waals surface area contributed by atoms with E-state index in [4.69, 9.17) is 23.2 Å². The van der Waals surface area contributed by atoms with Gasteiger partial charge in [0.2, 0.25) is 0 Å². The quantitative estimate of drug-likeness (QED) is 0.800. The Bertz CT molecular complexity index is 363. The highest BCUT2D eigenvalue weighted by Gasteiger charge is 2.11. The van der Waals surface area contributed by atoms with Gasteiger partial charge < -0.3 is 9.84 Å². The highest BCUT2D eigenvalue weighted by atomic mass is 35.5. The molecule has 3 nitrogen and oxygen atoms in total. The molecule has 0 aliphatic carbocycles. The molecule has 0 saturated heterocycles. The van der Waals surface area contributed by atoms with Gasteiger partial charge in [-0.2, -0.15) is 0 Å². The molecule has 0 saturated carbocycles. The molecule has 0 aromatic heterocycles. The summed E-state index contributed by atoms with van der Waals surface area (Å²) in [7, 11) is 1.28. The van der Waals surface area contributed by atoms with Gasteiger partial charge in [0.25, 0.3) is 0 Å². The zero-order valence-corrected chi connectivity index (χ0v) is 8.89. The molecular formula is C9H8Cl2O3. The maximum atomic E-state index is 11.0. The molecule has 5 heteroatoms. The molecule has 14 heavy (non-hydrogen) atoms. The molecule has 1 aromatic carbocycles. The molecule has 0 amide bonds. The summed E-state index contributed by atoms with van der Waals surface area (Å²) in [6.45, 7) is 0. The summed E-state index contributed by atoms with van der Waals surface area (Å²) in [5.41, 5.74) is 0.448. The topological polar surface area (TPSA) is 46.5 Å². The van der Waals surface area contributed by atoms with Crippen molar-refractivity contribution in [2.45, 2.75) is 6.42 Å². The van der Waals surface area contributed by atoms with Gasteiger partial charge in [-0.05, 0) is 11.6 Å². The van der Waals surface area contributed by atoms with Crippen LogP contribution in [0.5, 0.6) is 5.75 Å². The third kappa shape index (κ3) is 2.53. The van der Waals surface area contributed by atoms with E-state index in [0.717, 1.165) is 0 Å². The SMILES string of the molecule is COC(=O)Cc1cc(O)cc(Cl)c1Cl. The number of phenols is 1. The first kappa shape index (κ1) is 11.1. The lowest BCUT2D eigenvalue weighted by Crippen LogP contribution is -2.04. The number of esters is 1. The second-order valence-electron chi connectivity index (χ2n) is 2.65. The van der Waals surface area contributed by atoms with Gasteiger partial charge in [-0.15, -0.1) is 0 Å². The van der Waals surface area contributed by atoms with E-state index in [0.29, 0.717) is 5.56 Å². The number of hydrogen-bond acceptors (Lipinski definition) is 3. The van der Waals surface area contributed by atoms with Crippen LogP contribution in [0.25, 0.3) is 0 Å². The summed E-state index contributed by atoms with van der Waals surface area (Å²) in [5, 5.41) is 9.68. The molecule has 0 spiro atoms. The number of carbonyl (C=O) groups is 1. The summed E-state index contributed by atoms with van der Waals surface area (Å²) in [4.78, 5) is 11.0. The monoisotopic (exact) mass is 234 g/mol. The summed E-state index contributed by atoms with van der Waals surface area (Å²) >= 11 is 11.5. The molecule has 0 atom stereocenters. The van der Waals surface area contributed by atoms with Crippen LogP contribution in [-0.2, 0) is 16.0 Å². The first-order chi connectivity index (χ1) is 6.54. The lowest BCUT2D eigenvalue weighted by atomic mass is 10.1. The molecule has 76 valence electrons. The van der Waals surface area contributed by atoms with Crippen molar-refractivity contribution in [2.24, 2.45) is 0 Å². The third-order valence-electron chi connectivity index (χ3n) is 1.65. The summed E-state index contributed by atoms with van der Waals surface area (Å²) < 4.78 is 4.47. The zero-order valence-electron chi connectivity index (χ0n) is 7.38. The van der Waals surface area contributed by atoms with Crippen LogP contribution >= 0.6 is 23.2 Å². The average Bonchev–Trinajstić information content (AvgIpc) is 2.13. The molecule has 0 heterocycles. The third-order valence-corrected chi connectivity index (χ3v) is 2.49. The molecule has 0 radical (unpaired) electrons. The maximum absolute atomic E-state index is 11.0. The van der Waals surface area contributed by atoms with E-state index in [2.05, 4.69) is 4.74 Å². The van der Waals surface area contributed by atoms with E-state index >= 15 is 0 Å². The Balaban J connectivity index is 3.02. The Morgan fingerprint density at radius 1 is 1.50 bits per heavy atom. The fourth-order valence-corrected chi connectivity index (χ4v) is 1.40. The van der Waals surface area contributed by atoms with Crippen molar-refractivity contribution in [3.63, 3.8) is 0 Å². The van der Waals surface area contributed by atoms with Gasteiger partial charge in [-0.25, -0.2) is 0 Å². The predicted molar refractivity (Wildman–Crippen MR) is 53.8 cm³/mol. The highest BCUT2D eigenvalue weighted by Crippen LogP contribution is 2.30. The molecule has 0 bridgehead atoms. The lowest BCUT2D eigenvalue weighted by Gasteiger charge is -2.05. The van der Waals surface area contributed by atoms with Crippen molar-refractivity contribution in [3.05, 3.63) is 27.7 Å². The van der Waals surface area contributed by atoms with Crippen LogP contribution in [0.15, 0.2) is 12.1 Å². The number of hydrogen-bond donors (Lipinski definition) is 1. The predicted octanol–water partition coefficient (Wildman–Crippen LogP) is 2.41. The first-order valence-corrected chi connectivity index (χ1v) is 4.54. The minimum Gasteiger partial charge on any atom is -0.508 e. The molecular weight excluding hydrogens is 227 g/mol. The second-order valence-corrected chi connectivity index (χ2v) is 3.44. The van der Waals surface area contributed by atoms with E-state index < -0.39 is 5.97 Å². The second kappa shape index (κ2) is 4.53. The van der Waals surface area contributed by atoms with Gasteiger partial charge in [0.05, 0.1) is 23.6 Å². The van der Waals surface area contributed by atoms with E-state index in [1.807, 2.05) is 0 Å². The minimum absolute atomic E-state index is 0.0105. The molecule has 0 fully saturated rings. The van der Waals surface area contributed by atoms with Crippen LogP contribution in [0, 0.1) is 0 Å². The number of benzene rings is 1. The van der Waals surface area contributed by atoms with Crippen molar-refractivity contribution < 1.29 is 14.6 Å². The minimum atomic E-state index is -0.437. The Hall–Kier alpha value is -0.930. The normalized spacial score (nSPS) is 9.93. The van der Waals surface area contributed by atoms with Crippen LogP contribution in [0.2, 0.25) is 10.0 Å². The molecule has 0 aliphatic heterocycles. The van der Waals surface area contributed by atoms with Crippen LogP contribution < -0.4 is 0 Å². The van der Waals surface area contributed by atoms with Crippen LogP contribution in [0.4, 0.5) is 0 Å². The van der Waals surface area contributed by atoms with E-state index in [1.165, 1.54) is 19.2 Å².